The first-order valence-electron chi connectivity index (χ1n) is 12.8. The summed E-state index contributed by atoms with van der Waals surface area (Å²) < 4.78 is 29.8. The van der Waals surface area contributed by atoms with Crippen LogP contribution in [0, 0.1) is 0 Å². The summed E-state index contributed by atoms with van der Waals surface area (Å²) in [6.07, 6.45) is 2.95. The standard InChI is InChI=1S/C20H26N2O4S2.C7H6OS.C2H7N/c1-3-5-10-22(9-4-2)16-12-18(14-19(13-16)28(21,24)25)26-17-8-6-7-15(11-17)20(23)27;8-7(9)6-4-2-1-3-5-6;1-3-2/h6-8,11-14H,3-5,9-10H2,1-2H3,(H,23,27)(H2,21,24,25);1-5H,(H,8,9);3H,1-2H3. The van der Waals surface area contributed by atoms with Crippen LogP contribution in [0.15, 0.2) is 77.7 Å². The Balaban J connectivity index is 0.000000552. The predicted octanol–water partition coefficient (Wildman–Crippen LogP) is 6.13. The Hall–Kier alpha value is -3.09. The van der Waals surface area contributed by atoms with Crippen molar-refractivity contribution in [3.63, 3.8) is 0 Å². The largest absolute Gasteiger partial charge is 0.499 e. The van der Waals surface area contributed by atoms with Gasteiger partial charge in [0.25, 0.3) is 0 Å². The lowest BCUT2D eigenvalue weighted by Gasteiger charge is -2.25. The number of nitrogens with two attached hydrogens (primary N) is 1. The quantitative estimate of drug-likeness (QED) is 0.191. The number of hydrogen-bond donors (Lipinski definition) is 4. The number of nitrogens with one attached hydrogen (secondary N) is 1. The van der Waals surface area contributed by atoms with E-state index in [0.29, 0.717) is 22.6 Å². The highest BCUT2D eigenvalue weighted by Crippen LogP contribution is 2.30. The van der Waals surface area contributed by atoms with E-state index in [4.69, 9.17) is 27.2 Å². The van der Waals surface area contributed by atoms with Crippen molar-refractivity contribution in [2.45, 2.75) is 38.0 Å². The maximum absolute atomic E-state index is 12.0. The molecule has 0 bridgehead atoms. The molecule has 5 N–H and O–H groups in total. The molecule has 0 radical (unpaired) electrons. The summed E-state index contributed by atoms with van der Waals surface area (Å²) in [6, 6.07) is 20.5. The van der Waals surface area contributed by atoms with E-state index in [0.717, 1.165) is 38.0 Å². The van der Waals surface area contributed by atoms with Crippen molar-refractivity contribution in [1.29, 1.82) is 0 Å². The van der Waals surface area contributed by atoms with Crippen molar-refractivity contribution in [3.05, 3.63) is 83.9 Å². The van der Waals surface area contributed by atoms with Crippen molar-refractivity contribution in [2.24, 2.45) is 5.14 Å². The Kier molecular flexibility index (Phi) is 16.0. The smallest absolute Gasteiger partial charge is 0.238 e. The van der Waals surface area contributed by atoms with Crippen molar-refractivity contribution >= 4 is 50.2 Å². The number of thiocarbonyl (C=S) groups is 2. The molecule has 8 nitrogen and oxygen atoms in total. The molecule has 0 aliphatic rings. The van der Waals surface area contributed by atoms with E-state index < -0.39 is 10.0 Å². The second-order valence-corrected chi connectivity index (χ2v) is 11.0. The number of sulfonamides is 1. The van der Waals surface area contributed by atoms with Gasteiger partial charge in [-0.3, -0.25) is 0 Å². The van der Waals surface area contributed by atoms with Crippen LogP contribution in [0.4, 0.5) is 5.69 Å². The molecule has 0 aliphatic heterocycles. The van der Waals surface area contributed by atoms with E-state index >= 15 is 0 Å². The third-order valence-electron chi connectivity index (χ3n) is 5.17. The molecule has 11 heteroatoms. The summed E-state index contributed by atoms with van der Waals surface area (Å²) >= 11 is 9.30. The summed E-state index contributed by atoms with van der Waals surface area (Å²) in [5.41, 5.74) is 1.89. The highest BCUT2D eigenvalue weighted by atomic mass is 32.2. The van der Waals surface area contributed by atoms with Crippen molar-refractivity contribution in [1.82, 2.24) is 5.32 Å². The lowest BCUT2D eigenvalue weighted by Crippen LogP contribution is -2.25. The monoisotopic (exact) mass is 605 g/mol. The topological polar surface area (TPSA) is 125 Å². The van der Waals surface area contributed by atoms with Crippen LogP contribution in [0.2, 0.25) is 0 Å². The van der Waals surface area contributed by atoms with E-state index in [1.807, 2.05) is 32.3 Å². The fourth-order valence-corrected chi connectivity index (χ4v) is 4.19. The maximum atomic E-state index is 12.0. The molecule has 0 aromatic heterocycles. The molecular formula is C29H39N3O5S3. The minimum atomic E-state index is -3.90. The molecule has 0 amide bonds. The van der Waals surface area contributed by atoms with Crippen LogP contribution < -0.4 is 20.1 Å². The fraction of sp³-hybridized carbons (Fsp3) is 0.310. The SMILES string of the molecule is CCCCN(CCC)c1cc(Oc2cccc(C(O)=S)c2)cc(S(N)(=O)=O)c1.CNC.OC(=S)c1ccccc1. The highest BCUT2D eigenvalue weighted by molar-refractivity contribution is 7.89. The first kappa shape index (κ1) is 34.9. The number of ether oxygens (including phenoxy) is 1. The summed E-state index contributed by atoms with van der Waals surface area (Å²) in [6.45, 7) is 5.79. The molecule has 0 unspecified atom stereocenters. The Morgan fingerprint density at radius 1 is 0.850 bits per heavy atom. The van der Waals surface area contributed by atoms with Gasteiger partial charge in [0.05, 0.1) is 4.90 Å². The average molecular weight is 606 g/mol. The lowest BCUT2D eigenvalue weighted by atomic mass is 10.2. The van der Waals surface area contributed by atoms with Crippen molar-refractivity contribution in [3.8, 4) is 11.5 Å². The molecule has 218 valence electrons. The summed E-state index contributed by atoms with van der Waals surface area (Å²) in [4.78, 5) is 2.12. The Bertz CT molecular complexity index is 1320. The summed E-state index contributed by atoms with van der Waals surface area (Å²) in [7, 11) is -0.148. The number of aliphatic hydroxyl groups is 2. The Morgan fingerprint density at radius 2 is 1.45 bits per heavy atom. The fourth-order valence-electron chi connectivity index (χ4n) is 3.36. The number of primary sulfonamides is 1. The molecule has 3 rings (SSSR count). The van der Waals surface area contributed by atoms with Crippen LogP contribution in [-0.4, -0.2) is 55.9 Å². The zero-order valence-corrected chi connectivity index (χ0v) is 25.8. The number of benzene rings is 3. The maximum Gasteiger partial charge on any atom is 0.238 e. The predicted molar refractivity (Wildman–Crippen MR) is 172 cm³/mol. The number of anilines is 1. The molecule has 0 fully saturated rings. The third-order valence-corrected chi connectivity index (χ3v) is 6.54. The van der Waals surface area contributed by atoms with Crippen LogP contribution >= 0.6 is 24.4 Å². The zero-order chi connectivity index (χ0) is 30.1. The number of nitrogens with zero attached hydrogens (tertiary/aromatic N) is 1. The molecule has 40 heavy (non-hydrogen) atoms. The molecule has 3 aromatic rings. The van der Waals surface area contributed by atoms with Crippen LogP contribution in [0.1, 0.15) is 44.2 Å². The van der Waals surface area contributed by atoms with Gasteiger partial charge in [-0.1, -0.05) is 62.7 Å². The summed E-state index contributed by atoms with van der Waals surface area (Å²) in [5, 5.41) is 26.1. The van der Waals surface area contributed by atoms with Gasteiger partial charge in [-0.2, -0.15) is 0 Å². The van der Waals surface area contributed by atoms with Crippen molar-refractivity contribution in [2.75, 3.05) is 32.1 Å². The van der Waals surface area contributed by atoms with Gasteiger partial charge in [0.1, 0.15) is 11.5 Å². The van der Waals surface area contributed by atoms with E-state index in [2.05, 4.69) is 36.3 Å². The molecule has 0 saturated carbocycles. The van der Waals surface area contributed by atoms with Crippen molar-refractivity contribution < 1.29 is 23.4 Å². The van der Waals surface area contributed by atoms with Gasteiger partial charge in [0.15, 0.2) is 10.1 Å². The lowest BCUT2D eigenvalue weighted by molar-refractivity contribution is 0.480. The van der Waals surface area contributed by atoms with Gasteiger partial charge in [0, 0.05) is 42.0 Å². The molecule has 0 aliphatic carbocycles. The first-order valence-corrected chi connectivity index (χ1v) is 15.1. The van der Waals surface area contributed by atoms with Gasteiger partial charge in [-0.05, 0) is 69.6 Å². The third kappa shape index (κ3) is 12.8. The first-order chi connectivity index (χ1) is 19.0. The number of unbranched alkanes of at least 4 members (excludes halogenated alkanes) is 1. The van der Waals surface area contributed by atoms with Crippen LogP contribution in [0.3, 0.4) is 0 Å². The minimum absolute atomic E-state index is 0.00793. The second-order valence-electron chi connectivity index (χ2n) is 8.65. The van der Waals surface area contributed by atoms with E-state index in [1.165, 1.54) is 6.07 Å². The van der Waals surface area contributed by atoms with Gasteiger partial charge in [-0.15, -0.1) is 0 Å². The van der Waals surface area contributed by atoms with Gasteiger partial charge < -0.3 is 25.2 Å². The number of aliphatic hydroxyl groups excluding tert-OH is 2. The van der Waals surface area contributed by atoms with Crippen LogP contribution in [-0.2, 0) is 10.0 Å². The summed E-state index contributed by atoms with van der Waals surface area (Å²) in [5.74, 6) is 0.780. The van der Waals surface area contributed by atoms with Gasteiger partial charge in [0.2, 0.25) is 10.0 Å². The molecule has 0 heterocycles. The Labute approximate surface area is 248 Å². The van der Waals surface area contributed by atoms with E-state index in [-0.39, 0.29) is 15.0 Å². The Morgan fingerprint density at radius 3 is 1.95 bits per heavy atom. The van der Waals surface area contributed by atoms with Gasteiger partial charge >= 0.3 is 0 Å². The number of hydrogen-bond acceptors (Lipinski definition) is 7. The molecular weight excluding hydrogens is 567 g/mol. The molecule has 0 spiro atoms. The van der Waals surface area contributed by atoms with Gasteiger partial charge in [-0.25, -0.2) is 13.6 Å². The van der Waals surface area contributed by atoms with E-state index in [9.17, 15) is 13.5 Å². The van der Waals surface area contributed by atoms with Crippen LogP contribution in [0.5, 0.6) is 11.5 Å². The number of rotatable bonds is 11. The van der Waals surface area contributed by atoms with Crippen LogP contribution in [0.25, 0.3) is 0 Å². The van der Waals surface area contributed by atoms with E-state index in [1.54, 1.807) is 48.5 Å². The average Bonchev–Trinajstić information content (AvgIpc) is 2.92. The normalized spacial score (nSPS) is 10.3. The molecule has 0 atom stereocenters. The highest BCUT2D eigenvalue weighted by Gasteiger charge is 2.16. The molecule has 0 saturated heterocycles. The second kappa shape index (κ2) is 18.3. The zero-order valence-electron chi connectivity index (χ0n) is 23.3. The minimum Gasteiger partial charge on any atom is -0.499 e. The molecule has 3 aromatic carbocycles.